The molecule has 0 aliphatic heterocycles. The third kappa shape index (κ3) is 4.75. The summed E-state index contributed by atoms with van der Waals surface area (Å²) in [5.41, 5.74) is 0.821. The van der Waals surface area contributed by atoms with Crippen LogP contribution in [-0.2, 0) is 16.0 Å². The summed E-state index contributed by atoms with van der Waals surface area (Å²) in [6.45, 7) is 2.93. The smallest absolute Gasteiger partial charge is 0.317 e. The Morgan fingerprint density at radius 2 is 2.17 bits per heavy atom. The van der Waals surface area contributed by atoms with E-state index >= 15 is 0 Å². The molecule has 126 valence electrons. The number of hydrogen-bond donors (Lipinski definition) is 2. The highest BCUT2D eigenvalue weighted by molar-refractivity contribution is 7.09. The number of aromatic nitrogens is 1. The van der Waals surface area contributed by atoms with E-state index in [1.54, 1.807) is 11.3 Å². The Hall–Kier alpha value is -1.47. The van der Waals surface area contributed by atoms with Crippen LogP contribution in [0.2, 0.25) is 0 Å². The number of aryl methyl sites for hydroxylation is 1. The SMILES string of the molecule is Cc1nc(CC(=O)NC2CC(N(CC(=O)O)CC3CC3)C2)cs1. The van der Waals surface area contributed by atoms with Gasteiger partial charge >= 0.3 is 5.97 Å². The Balaban J connectivity index is 1.41. The number of carboxylic acid groups (broad SMARTS) is 1. The van der Waals surface area contributed by atoms with Gasteiger partial charge in [0, 0.05) is 24.0 Å². The van der Waals surface area contributed by atoms with Crippen LogP contribution in [0, 0.1) is 12.8 Å². The quantitative estimate of drug-likeness (QED) is 0.750. The first-order valence-corrected chi connectivity index (χ1v) is 9.03. The van der Waals surface area contributed by atoms with Gasteiger partial charge in [-0.05, 0) is 38.5 Å². The van der Waals surface area contributed by atoms with Crippen molar-refractivity contribution in [3.8, 4) is 0 Å². The molecule has 0 aromatic carbocycles. The van der Waals surface area contributed by atoms with Crippen molar-refractivity contribution in [2.24, 2.45) is 5.92 Å². The van der Waals surface area contributed by atoms with Crippen molar-refractivity contribution >= 4 is 23.2 Å². The lowest BCUT2D eigenvalue weighted by atomic mass is 9.85. The molecule has 3 rings (SSSR count). The van der Waals surface area contributed by atoms with E-state index < -0.39 is 5.97 Å². The maximum atomic E-state index is 12.0. The van der Waals surface area contributed by atoms with Gasteiger partial charge in [-0.2, -0.15) is 0 Å². The Morgan fingerprint density at radius 1 is 1.43 bits per heavy atom. The summed E-state index contributed by atoms with van der Waals surface area (Å²) >= 11 is 1.55. The number of aliphatic carboxylic acids is 1. The van der Waals surface area contributed by atoms with Crippen LogP contribution < -0.4 is 5.32 Å². The number of nitrogens with one attached hydrogen (secondary N) is 1. The molecule has 0 radical (unpaired) electrons. The maximum absolute atomic E-state index is 12.0. The van der Waals surface area contributed by atoms with Crippen LogP contribution in [0.25, 0.3) is 0 Å². The van der Waals surface area contributed by atoms with Gasteiger partial charge in [0.25, 0.3) is 0 Å². The summed E-state index contributed by atoms with van der Waals surface area (Å²) in [7, 11) is 0. The second kappa shape index (κ2) is 6.97. The standard InChI is InChI=1S/C16H23N3O3S/c1-10-17-13(9-23-10)6-15(20)18-12-4-14(5-12)19(8-16(21)22)7-11-2-3-11/h9,11-12,14H,2-8H2,1H3,(H,18,20)(H,21,22). The lowest BCUT2D eigenvalue weighted by Crippen LogP contribution is -2.55. The molecule has 2 fully saturated rings. The molecular weight excluding hydrogens is 314 g/mol. The number of nitrogens with zero attached hydrogens (tertiary/aromatic N) is 2. The molecule has 1 amide bonds. The number of rotatable bonds is 8. The summed E-state index contributed by atoms with van der Waals surface area (Å²) in [6, 6.07) is 0.459. The molecule has 1 heterocycles. The minimum atomic E-state index is -0.767. The van der Waals surface area contributed by atoms with Gasteiger partial charge in [0.15, 0.2) is 0 Å². The van der Waals surface area contributed by atoms with Gasteiger partial charge in [0.1, 0.15) is 0 Å². The summed E-state index contributed by atoms with van der Waals surface area (Å²) < 4.78 is 0. The van der Waals surface area contributed by atoms with Gasteiger partial charge in [-0.1, -0.05) is 0 Å². The molecule has 7 heteroatoms. The van der Waals surface area contributed by atoms with Crippen LogP contribution in [0.4, 0.5) is 0 Å². The second-order valence-corrected chi connectivity index (χ2v) is 7.75. The zero-order valence-electron chi connectivity index (χ0n) is 13.3. The van der Waals surface area contributed by atoms with Gasteiger partial charge in [-0.25, -0.2) is 4.98 Å². The predicted octanol–water partition coefficient (Wildman–Crippen LogP) is 1.44. The number of amides is 1. The normalized spacial score (nSPS) is 23.6. The highest BCUT2D eigenvalue weighted by Gasteiger charge is 2.37. The highest BCUT2D eigenvalue weighted by Crippen LogP contribution is 2.33. The molecule has 23 heavy (non-hydrogen) atoms. The largest absolute Gasteiger partial charge is 0.480 e. The van der Waals surface area contributed by atoms with Gasteiger partial charge in [-0.15, -0.1) is 11.3 Å². The molecule has 0 saturated heterocycles. The minimum absolute atomic E-state index is 0.00530. The molecular formula is C16H23N3O3S. The van der Waals surface area contributed by atoms with Crippen LogP contribution in [0.15, 0.2) is 5.38 Å². The Kier molecular flexibility index (Phi) is 4.96. The van der Waals surface area contributed by atoms with Crippen LogP contribution in [0.5, 0.6) is 0 Å². The fourth-order valence-corrected chi connectivity index (χ4v) is 3.70. The first-order chi connectivity index (χ1) is 11.0. The first-order valence-electron chi connectivity index (χ1n) is 8.16. The fraction of sp³-hybridized carbons (Fsp3) is 0.688. The van der Waals surface area contributed by atoms with Gasteiger partial charge in [0.05, 0.1) is 23.7 Å². The molecule has 0 unspecified atom stereocenters. The molecule has 0 atom stereocenters. The van der Waals surface area contributed by atoms with E-state index in [2.05, 4.69) is 15.2 Å². The number of thiazole rings is 1. The average Bonchev–Trinajstić information content (AvgIpc) is 3.14. The molecule has 0 bridgehead atoms. The summed E-state index contributed by atoms with van der Waals surface area (Å²) in [4.78, 5) is 29.4. The number of carboxylic acids is 1. The summed E-state index contributed by atoms with van der Waals surface area (Å²) in [5, 5.41) is 15.0. The van der Waals surface area contributed by atoms with Gasteiger partial charge in [0.2, 0.25) is 5.91 Å². The Bertz CT molecular complexity index is 579. The number of carbonyl (C=O) groups is 2. The third-order valence-electron chi connectivity index (χ3n) is 4.53. The number of carbonyl (C=O) groups excluding carboxylic acids is 1. The topological polar surface area (TPSA) is 82.5 Å². The van der Waals surface area contributed by atoms with Crippen molar-refractivity contribution in [1.29, 1.82) is 0 Å². The second-order valence-electron chi connectivity index (χ2n) is 6.69. The van der Waals surface area contributed by atoms with Crippen LogP contribution >= 0.6 is 11.3 Å². The molecule has 2 saturated carbocycles. The minimum Gasteiger partial charge on any atom is -0.480 e. The predicted molar refractivity (Wildman–Crippen MR) is 87.4 cm³/mol. The zero-order chi connectivity index (χ0) is 16.4. The molecule has 1 aromatic heterocycles. The molecule has 2 aliphatic rings. The van der Waals surface area contributed by atoms with Crippen molar-refractivity contribution in [2.45, 2.75) is 51.1 Å². The average molecular weight is 337 g/mol. The molecule has 6 nitrogen and oxygen atoms in total. The van der Waals surface area contributed by atoms with Crippen molar-refractivity contribution in [2.75, 3.05) is 13.1 Å². The van der Waals surface area contributed by atoms with Crippen LogP contribution in [0.1, 0.15) is 36.4 Å². The first kappa shape index (κ1) is 16.4. The third-order valence-corrected chi connectivity index (χ3v) is 5.35. The fourth-order valence-electron chi connectivity index (χ4n) is 3.08. The summed E-state index contributed by atoms with van der Waals surface area (Å²) in [5.74, 6) is -0.0846. The van der Waals surface area contributed by atoms with E-state index in [4.69, 9.17) is 5.11 Å². The molecule has 0 spiro atoms. The zero-order valence-corrected chi connectivity index (χ0v) is 14.1. The Morgan fingerprint density at radius 3 is 2.74 bits per heavy atom. The molecule has 2 aliphatic carbocycles. The van der Waals surface area contributed by atoms with E-state index in [-0.39, 0.29) is 18.5 Å². The van der Waals surface area contributed by atoms with Gasteiger partial charge < -0.3 is 10.4 Å². The highest BCUT2D eigenvalue weighted by atomic mass is 32.1. The van der Waals surface area contributed by atoms with Crippen LogP contribution in [-0.4, -0.2) is 52.0 Å². The van der Waals surface area contributed by atoms with E-state index in [0.717, 1.165) is 30.1 Å². The van der Waals surface area contributed by atoms with Crippen LogP contribution in [0.3, 0.4) is 0 Å². The van der Waals surface area contributed by atoms with Crippen molar-refractivity contribution < 1.29 is 14.7 Å². The van der Waals surface area contributed by atoms with Gasteiger partial charge in [-0.3, -0.25) is 14.5 Å². The van der Waals surface area contributed by atoms with E-state index in [9.17, 15) is 9.59 Å². The van der Waals surface area contributed by atoms with Crippen molar-refractivity contribution in [1.82, 2.24) is 15.2 Å². The van der Waals surface area contributed by atoms with E-state index in [0.29, 0.717) is 18.4 Å². The van der Waals surface area contributed by atoms with Crippen molar-refractivity contribution in [3.05, 3.63) is 16.1 Å². The number of hydrogen-bond acceptors (Lipinski definition) is 5. The maximum Gasteiger partial charge on any atom is 0.317 e. The van der Waals surface area contributed by atoms with Crippen molar-refractivity contribution in [3.63, 3.8) is 0 Å². The monoisotopic (exact) mass is 337 g/mol. The van der Waals surface area contributed by atoms with E-state index in [1.807, 2.05) is 12.3 Å². The van der Waals surface area contributed by atoms with E-state index in [1.165, 1.54) is 12.8 Å². The summed E-state index contributed by atoms with van der Waals surface area (Å²) in [6.07, 6.45) is 4.46. The lowest BCUT2D eigenvalue weighted by molar-refractivity contribution is -0.140. The lowest BCUT2D eigenvalue weighted by Gasteiger charge is -2.42. The molecule has 2 N–H and O–H groups in total. The molecule has 1 aromatic rings. The Labute approximate surface area is 139 Å².